The quantitative estimate of drug-likeness (QED) is 0.177. The first-order valence-corrected chi connectivity index (χ1v) is 12.6. The largest absolute Gasteiger partial charge is 0.481 e. The van der Waals surface area contributed by atoms with E-state index in [0.717, 1.165) is 0 Å². The van der Waals surface area contributed by atoms with Crippen molar-refractivity contribution in [3.05, 3.63) is 80.4 Å². The van der Waals surface area contributed by atoms with Crippen LogP contribution in [0.1, 0.15) is 42.4 Å². The van der Waals surface area contributed by atoms with Crippen LogP contribution in [-0.2, 0) is 22.4 Å². The smallest absolute Gasteiger partial charge is 0.410 e. The fraction of sp³-hybridized carbons (Fsp3) is 0.333. The van der Waals surface area contributed by atoms with Gasteiger partial charge in [-0.05, 0) is 50.6 Å². The van der Waals surface area contributed by atoms with Gasteiger partial charge in [0, 0.05) is 37.0 Å². The van der Waals surface area contributed by atoms with Gasteiger partial charge in [0.15, 0.2) is 0 Å². The first-order valence-electron chi connectivity index (χ1n) is 12.3. The maximum absolute atomic E-state index is 14.4. The third kappa shape index (κ3) is 8.48. The van der Waals surface area contributed by atoms with Crippen LogP contribution < -0.4 is 10.1 Å². The molecular weight excluding hydrogens is 561 g/mol. The number of halogens is 2. The molecule has 2 heterocycles. The van der Waals surface area contributed by atoms with Gasteiger partial charge < -0.3 is 24.4 Å². The zero-order chi connectivity index (χ0) is 30.3. The zero-order valence-corrected chi connectivity index (χ0v) is 23.8. The van der Waals surface area contributed by atoms with Crippen molar-refractivity contribution < 1.29 is 33.1 Å². The van der Waals surface area contributed by atoms with E-state index in [0.29, 0.717) is 11.3 Å². The lowest BCUT2D eigenvalue weighted by atomic mass is 10.1. The summed E-state index contributed by atoms with van der Waals surface area (Å²) in [5, 5.41) is 14.8. The standard InChI is InChI=1S/C27H29ClFN5O7/c1-27(2,3)41-26(36)33(11-10-21-22(34(37)38)8-9-23(31-21)39-4)15-16-12-18(29)6-7-20(16)32-24-19(25(35)40-5)13-17(28)14-30-24/h6-9,12-14H,10-11,15H2,1-5H3,(H,30,32). The van der Waals surface area contributed by atoms with Gasteiger partial charge in [-0.3, -0.25) is 10.1 Å². The van der Waals surface area contributed by atoms with E-state index in [2.05, 4.69) is 15.3 Å². The highest BCUT2D eigenvalue weighted by atomic mass is 35.5. The summed E-state index contributed by atoms with van der Waals surface area (Å²) < 4.78 is 29.9. The van der Waals surface area contributed by atoms with Gasteiger partial charge in [-0.25, -0.2) is 23.9 Å². The number of ether oxygens (including phenoxy) is 3. The number of methoxy groups -OCH3 is 2. The first-order chi connectivity index (χ1) is 19.3. The van der Waals surface area contributed by atoms with Gasteiger partial charge in [0.2, 0.25) is 5.88 Å². The summed E-state index contributed by atoms with van der Waals surface area (Å²) in [4.78, 5) is 46.1. The van der Waals surface area contributed by atoms with Crippen molar-refractivity contribution >= 4 is 40.9 Å². The molecule has 3 rings (SSSR count). The highest BCUT2D eigenvalue weighted by molar-refractivity contribution is 6.30. The van der Waals surface area contributed by atoms with Crippen molar-refractivity contribution in [1.82, 2.24) is 14.9 Å². The molecule has 0 atom stereocenters. The van der Waals surface area contributed by atoms with Gasteiger partial charge in [-0.15, -0.1) is 0 Å². The molecule has 0 unspecified atom stereocenters. The topological polar surface area (TPSA) is 146 Å². The molecule has 0 bridgehead atoms. The molecule has 0 aliphatic rings. The summed E-state index contributed by atoms with van der Waals surface area (Å²) in [5.74, 6) is -1.02. The third-order valence-electron chi connectivity index (χ3n) is 5.54. The lowest BCUT2D eigenvalue weighted by Crippen LogP contribution is -2.38. The van der Waals surface area contributed by atoms with E-state index in [1.54, 1.807) is 20.8 Å². The fourth-order valence-electron chi connectivity index (χ4n) is 3.69. The molecule has 14 heteroatoms. The number of hydrogen-bond acceptors (Lipinski definition) is 10. The molecule has 218 valence electrons. The molecular formula is C27H29ClFN5O7. The van der Waals surface area contributed by atoms with Crippen molar-refractivity contribution in [2.75, 3.05) is 26.1 Å². The molecule has 0 aliphatic carbocycles. The number of nitrogens with one attached hydrogen (secondary N) is 1. The second kappa shape index (κ2) is 13.2. The number of nitro groups is 1. The minimum Gasteiger partial charge on any atom is -0.481 e. The second-order valence-corrected chi connectivity index (χ2v) is 10.1. The predicted octanol–water partition coefficient (Wildman–Crippen LogP) is 5.70. The van der Waals surface area contributed by atoms with E-state index < -0.39 is 28.4 Å². The lowest BCUT2D eigenvalue weighted by Gasteiger charge is -2.28. The monoisotopic (exact) mass is 589 g/mol. The van der Waals surface area contributed by atoms with Crippen LogP contribution in [0.2, 0.25) is 5.02 Å². The molecule has 12 nitrogen and oxygen atoms in total. The molecule has 0 saturated carbocycles. The number of esters is 1. The highest BCUT2D eigenvalue weighted by Gasteiger charge is 2.26. The number of carbonyl (C=O) groups is 2. The number of aromatic nitrogens is 2. The number of benzene rings is 1. The Labute approximate surface area is 240 Å². The Morgan fingerprint density at radius 2 is 1.90 bits per heavy atom. The van der Waals surface area contributed by atoms with E-state index >= 15 is 0 Å². The molecule has 0 saturated heterocycles. The minimum absolute atomic E-state index is 0.0317. The maximum atomic E-state index is 14.4. The minimum atomic E-state index is -0.860. The average Bonchev–Trinajstić information content (AvgIpc) is 2.91. The lowest BCUT2D eigenvalue weighted by molar-refractivity contribution is -0.386. The maximum Gasteiger partial charge on any atom is 0.410 e. The van der Waals surface area contributed by atoms with Gasteiger partial charge in [-0.2, -0.15) is 0 Å². The number of carbonyl (C=O) groups excluding carboxylic acids is 2. The van der Waals surface area contributed by atoms with Crippen LogP contribution in [0.4, 0.5) is 26.4 Å². The van der Waals surface area contributed by atoms with Crippen LogP contribution >= 0.6 is 11.6 Å². The SMILES string of the molecule is COC(=O)c1cc(Cl)cnc1Nc1ccc(F)cc1CN(CCc1nc(OC)ccc1[N+](=O)[O-])C(=O)OC(C)(C)C. The van der Waals surface area contributed by atoms with Crippen LogP contribution in [0.15, 0.2) is 42.6 Å². The van der Waals surface area contributed by atoms with Crippen molar-refractivity contribution in [2.45, 2.75) is 39.3 Å². The summed E-state index contributed by atoms with van der Waals surface area (Å²) >= 11 is 6.00. The van der Waals surface area contributed by atoms with Crippen molar-refractivity contribution in [3.8, 4) is 5.88 Å². The molecule has 41 heavy (non-hydrogen) atoms. The molecule has 1 amide bonds. The van der Waals surface area contributed by atoms with E-state index in [-0.39, 0.29) is 53.2 Å². The summed E-state index contributed by atoms with van der Waals surface area (Å²) in [5.41, 5.74) is -0.347. The summed E-state index contributed by atoms with van der Waals surface area (Å²) in [6.07, 6.45) is 0.550. The van der Waals surface area contributed by atoms with E-state index in [1.165, 1.54) is 61.7 Å². The van der Waals surface area contributed by atoms with Crippen LogP contribution in [0.3, 0.4) is 0 Å². The van der Waals surface area contributed by atoms with Crippen LogP contribution in [0.5, 0.6) is 5.88 Å². The molecule has 0 spiro atoms. The van der Waals surface area contributed by atoms with Gasteiger partial charge >= 0.3 is 12.1 Å². The van der Waals surface area contributed by atoms with Crippen molar-refractivity contribution in [3.63, 3.8) is 0 Å². The normalized spacial score (nSPS) is 11.0. The Hall–Kier alpha value is -4.52. The third-order valence-corrected chi connectivity index (χ3v) is 5.75. The Bertz CT molecular complexity index is 1450. The number of nitrogens with zero attached hydrogens (tertiary/aromatic N) is 4. The van der Waals surface area contributed by atoms with Crippen LogP contribution in [-0.4, -0.2) is 58.2 Å². The number of rotatable bonds is 10. The summed E-state index contributed by atoms with van der Waals surface area (Å²) in [6, 6.07) is 7.83. The Kier molecular flexibility index (Phi) is 10.0. The number of amides is 1. The van der Waals surface area contributed by atoms with Gasteiger partial charge in [-0.1, -0.05) is 11.6 Å². The summed E-state index contributed by atoms with van der Waals surface area (Å²) in [6.45, 7) is 4.82. The average molecular weight is 590 g/mol. The predicted molar refractivity (Wildman–Crippen MR) is 148 cm³/mol. The molecule has 0 aliphatic heterocycles. The van der Waals surface area contributed by atoms with E-state index in [4.69, 9.17) is 25.8 Å². The number of pyridine rings is 2. The molecule has 1 aromatic carbocycles. The second-order valence-electron chi connectivity index (χ2n) is 9.70. The summed E-state index contributed by atoms with van der Waals surface area (Å²) in [7, 11) is 2.58. The van der Waals surface area contributed by atoms with Crippen LogP contribution in [0.25, 0.3) is 0 Å². The molecule has 2 aromatic heterocycles. The molecule has 1 N–H and O–H groups in total. The van der Waals surface area contributed by atoms with Gasteiger partial charge in [0.25, 0.3) is 5.69 Å². The molecule has 0 fully saturated rings. The van der Waals surface area contributed by atoms with E-state index in [1.807, 2.05) is 0 Å². The highest BCUT2D eigenvalue weighted by Crippen LogP contribution is 2.28. The molecule has 3 aromatic rings. The first kappa shape index (κ1) is 31.0. The Morgan fingerprint density at radius 3 is 2.54 bits per heavy atom. The van der Waals surface area contributed by atoms with E-state index in [9.17, 15) is 24.1 Å². The van der Waals surface area contributed by atoms with Crippen LogP contribution in [0, 0.1) is 15.9 Å². The Balaban J connectivity index is 1.98. The van der Waals surface area contributed by atoms with Crippen molar-refractivity contribution in [2.24, 2.45) is 0 Å². The van der Waals surface area contributed by atoms with Gasteiger partial charge in [0.05, 0.1) is 30.7 Å². The number of anilines is 2. The Morgan fingerprint density at radius 1 is 1.17 bits per heavy atom. The zero-order valence-electron chi connectivity index (χ0n) is 23.1. The van der Waals surface area contributed by atoms with Gasteiger partial charge in [0.1, 0.15) is 28.5 Å². The fourth-order valence-corrected chi connectivity index (χ4v) is 3.85. The molecule has 0 radical (unpaired) electrons. The van der Waals surface area contributed by atoms with Crippen molar-refractivity contribution in [1.29, 1.82) is 0 Å². The number of hydrogen-bond donors (Lipinski definition) is 1.